The number of carbonyl (C=O) groups excluding carboxylic acids is 2. The first-order valence-electron chi connectivity index (χ1n) is 7.71. The van der Waals surface area contributed by atoms with E-state index in [2.05, 4.69) is 25.7 Å². The number of aromatic nitrogens is 4. The minimum Gasteiger partial charge on any atom is -0.288 e. The van der Waals surface area contributed by atoms with Gasteiger partial charge in [0.2, 0.25) is 0 Å². The smallest absolute Gasteiger partial charge is 0.261 e. The summed E-state index contributed by atoms with van der Waals surface area (Å²) in [5.41, 5.74) is 2.95. The summed E-state index contributed by atoms with van der Waals surface area (Å²) in [5, 5.41) is 18.3. The lowest BCUT2D eigenvalue weighted by molar-refractivity contribution is -0.122. The molecule has 4 aromatic rings. The molecule has 2 amide bonds. The maximum atomic E-state index is 12.5. The third kappa shape index (κ3) is 1.86. The number of aromatic amines is 2. The Morgan fingerprint density at radius 3 is 1.56 bits per heavy atom. The van der Waals surface area contributed by atoms with Crippen LogP contribution in [0, 0.1) is 0 Å². The number of para-hydroxylation sites is 2. The van der Waals surface area contributed by atoms with Gasteiger partial charge in [0.05, 0.1) is 22.2 Å². The standard InChI is InChI=1S/C18H11N5O2/c24-17-13(15-9-5-1-3-7-11(9)20-22-15)14(18(25)19-17)16-10-6-2-4-8-12(10)21-23-16/h1-8H,(H,20,22)(H,21,23)(H,19,24,25). The average Bonchev–Trinajstić information content (AvgIpc) is 3.30. The molecule has 7 heteroatoms. The third-order valence-corrected chi connectivity index (χ3v) is 4.35. The maximum Gasteiger partial charge on any atom is 0.261 e. The second kappa shape index (κ2) is 4.88. The Labute approximate surface area is 140 Å². The van der Waals surface area contributed by atoms with Crippen molar-refractivity contribution in [2.45, 2.75) is 0 Å². The Hall–Kier alpha value is -3.74. The van der Waals surface area contributed by atoms with Crippen molar-refractivity contribution in [2.24, 2.45) is 0 Å². The lowest BCUT2D eigenvalue weighted by Crippen LogP contribution is -2.23. The van der Waals surface area contributed by atoms with Gasteiger partial charge in [0, 0.05) is 10.8 Å². The fourth-order valence-corrected chi connectivity index (χ4v) is 3.22. The average molecular weight is 329 g/mol. The second-order valence-corrected chi connectivity index (χ2v) is 5.77. The van der Waals surface area contributed by atoms with Crippen molar-refractivity contribution >= 4 is 44.8 Å². The van der Waals surface area contributed by atoms with Crippen LogP contribution in [0.3, 0.4) is 0 Å². The van der Waals surface area contributed by atoms with E-state index >= 15 is 0 Å². The van der Waals surface area contributed by atoms with Crippen molar-refractivity contribution in [1.29, 1.82) is 0 Å². The van der Waals surface area contributed by atoms with Crippen LogP contribution in [-0.4, -0.2) is 32.2 Å². The van der Waals surface area contributed by atoms with Crippen molar-refractivity contribution in [3.8, 4) is 0 Å². The summed E-state index contributed by atoms with van der Waals surface area (Å²) in [6, 6.07) is 14.9. The Morgan fingerprint density at radius 2 is 1.08 bits per heavy atom. The molecule has 0 unspecified atom stereocenters. The molecule has 0 aliphatic carbocycles. The Balaban J connectivity index is 1.85. The molecule has 0 fully saturated rings. The summed E-state index contributed by atoms with van der Waals surface area (Å²) >= 11 is 0. The van der Waals surface area contributed by atoms with Gasteiger partial charge in [0.1, 0.15) is 11.4 Å². The van der Waals surface area contributed by atoms with Gasteiger partial charge in [-0.1, -0.05) is 36.4 Å². The van der Waals surface area contributed by atoms with E-state index in [0.29, 0.717) is 11.4 Å². The summed E-state index contributed by atoms with van der Waals surface area (Å²) in [6.07, 6.45) is 0. The van der Waals surface area contributed by atoms with Crippen LogP contribution in [0.1, 0.15) is 11.4 Å². The van der Waals surface area contributed by atoms with Gasteiger partial charge in [0.25, 0.3) is 11.8 Å². The Kier molecular flexibility index (Phi) is 2.67. The second-order valence-electron chi connectivity index (χ2n) is 5.77. The summed E-state index contributed by atoms with van der Waals surface area (Å²) < 4.78 is 0. The number of H-pyrrole nitrogens is 2. The monoisotopic (exact) mass is 329 g/mol. The van der Waals surface area contributed by atoms with Crippen LogP contribution in [0.4, 0.5) is 0 Å². The molecular formula is C18H11N5O2. The maximum absolute atomic E-state index is 12.5. The van der Waals surface area contributed by atoms with E-state index in [9.17, 15) is 9.59 Å². The normalized spacial score (nSPS) is 14.7. The van der Waals surface area contributed by atoms with E-state index in [0.717, 1.165) is 21.8 Å². The van der Waals surface area contributed by atoms with Gasteiger partial charge in [-0.2, -0.15) is 10.2 Å². The molecular weight excluding hydrogens is 318 g/mol. The quantitative estimate of drug-likeness (QED) is 0.489. The van der Waals surface area contributed by atoms with E-state index < -0.39 is 11.8 Å². The SMILES string of the molecule is O=C1NC(=O)C(c2n[nH]c3ccccc23)=C1c1n[nH]c2ccccc12. The van der Waals surface area contributed by atoms with Gasteiger partial charge in [0.15, 0.2) is 0 Å². The van der Waals surface area contributed by atoms with E-state index in [4.69, 9.17) is 0 Å². The zero-order valence-electron chi connectivity index (χ0n) is 12.8. The van der Waals surface area contributed by atoms with Crippen molar-refractivity contribution in [2.75, 3.05) is 0 Å². The van der Waals surface area contributed by atoms with Crippen molar-refractivity contribution in [1.82, 2.24) is 25.7 Å². The molecule has 0 spiro atoms. The highest BCUT2D eigenvalue weighted by molar-refractivity contribution is 6.50. The fourth-order valence-electron chi connectivity index (χ4n) is 3.22. The number of amides is 2. The molecule has 7 nitrogen and oxygen atoms in total. The summed E-state index contributed by atoms with van der Waals surface area (Å²) in [5.74, 6) is -0.936. The van der Waals surface area contributed by atoms with Gasteiger partial charge in [-0.15, -0.1) is 0 Å². The van der Waals surface area contributed by atoms with Crippen LogP contribution in [0.2, 0.25) is 0 Å². The number of rotatable bonds is 2. The van der Waals surface area contributed by atoms with Gasteiger partial charge in [-0.3, -0.25) is 25.1 Å². The number of hydrogen-bond donors (Lipinski definition) is 3. The molecule has 1 aliphatic heterocycles. The number of carbonyl (C=O) groups is 2. The number of fused-ring (bicyclic) bond motifs is 2. The first-order valence-corrected chi connectivity index (χ1v) is 7.71. The minimum atomic E-state index is -0.468. The van der Waals surface area contributed by atoms with E-state index in [1.165, 1.54) is 0 Å². The number of benzene rings is 2. The van der Waals surface area contributed by atoms with Gasteiger partial charge >= 0.3 is 0 Å². The number of nitrogens with one attached hydrogen (secondary N) is 3. The van der Waals surface area contributed by atoms with E-state index in [1.807, 2.05) is 48.5 Å². The highest BCUT2D eigenvalue weighted by Crippen LogP contribution is 2.35. The molecule has 2 aromatic heterocycles. The van der Waals surface area contributed by atoms with Crippen molar-refractivity contribution in [3.63, 3.8) is 0 Å². The molecule has 0 bridgehead atoms. The fraction of sp³-hybridized carbons (Fsp3) is 0. The lowest BCUT2D eigenvalue weighted by Gasteiger charge is -2.00. The molecule has 0 saturated carbocycles. The molecule has 0 radical (unpaired) electrons. The zero-order chi connectivity index (χ0) is 17.0. The molecule has 25 heavy (non-hydrogen) atoms. The van der Waals surface area contributed by atoms with Gasteiger partial charge in [-0.05, 0) is 12.1 Å². The van der Waals surface area contributed by atoms with E-state index in [-0.39, 0.29) is 11.1 Å². The molecule has 2 aromatic carbocycles. The van der Waals surface area contributed by atoms with Crippen LogP contribution in [0.5, 0.6) is 0 Å². The highest BCUT2D eigenvalue weighted by atomic mass is 16.2. The number of hydrogen-bond acceptors (Lipinski definition) is 4. The molecule has 1 aliphatic rings. The molecule has 3 N–H and O–H groups in total. The lowest BCUT2D eigenvalue weighted by atomic mass is 10.00. The summed E-state index contributed by atoms with van der Waals surface area (Å²) in [7, 11) is 0. The molecule has 120 valence electrons. The topological polar surface area (TPSA) is 104 Å². The molecule has 5 rings (SSSR count). The molecule has 3 heterocycles. The summed E-state index contributed by atoms with van der Waals surface area (Å²) in [6.45, 7) is 0. The summed E-state index contributed by atoms with van der Waals surface area (Å²) in [4.78, 5) is 25.0. The predicted molar refractivity (Wildman–Crippen MR) is 92.2 cm³/mol. The molecule has 0 saturated heterocycles. The van der Waals surface area contributed by atoms with Gasteiger partial charge < -0.3 is 0 Å². The van der Waals surface area contributed by atoms with Crippen LogP contribution in [0.25, 0.3) is 33.0 Å². The Morgan fingerprint density at radius 1 is 0.640 bits per heavy atom. The number of nitrogens with zero attached hydrogens (tertiary/aromatic N) is 2. The van der Waals surface area contributed by atoms with Gasteiger partial charge in [-0.25, -0.2) is 0 Å². The van der Waals surface area contributed by atoms with Crippen LogP contribution in [0.15, 0.2) is 48.5 Å². The number of imide groups is 1. The zero-order valence-corrected chi connectivity index (χ0v) is 12.8. The first kappa shape index (κ1) is 13.7. The minimum absolute atomic E-state index is 0.236. The van der Waals surface area contributed by atoms with Crippen molar-refractivity contribution in [3.05, 3.63) is 59.9 Å². The molecule has 0 atom stereocenters. The van der Waals surface area contributed by atoms with Crippen LogP contribution < -0.4 is 5.32 Å². The largest absolute Gasteiger partial charge is 0.288 e. The Bertz CT molecular complexity index is 1120. The van der Waals surface area contributed by atoms with Crippen molar-refractivity contribution < 1.29 is 9.59 Å². The highest BCUT2D eigenvalue weighted by Gasteiger charge is 2.36. The third-order valence-electron chi connectivity index (χ3n) is 4.35. The first-order chi connectivity index (χ1) is 12.2. The van der Waals surface area contributed by atoms with E-state index in [1.54, 1.807) is 0 Å². The van der Waals surface area contributed by atoms with Crippen LogP contribution >= 0.6 is 0 Å². The predicted octanol–water partition coefficient (Wildman–Crippen LogP) is 2.01. The van der Waals surface area contributed by atoms with Crippen LogP contribution in [-0.2, 0) is 9.59 Å².